The summed E-state index contributed by atoms with van der Waals surface area (Å²) in [5, 5.41) is 0. The highest BCUT2D eigenvalue weighted by Gasteiger charge is 2.26. The number of nitrogens with zero attached hydrogens (tertiary/aromatic N) is 1. The maximum atomic E-state index is 12.7. The minimum atomic E-state index is -3.33. The number of hydrogen-bond donors (Lipinski definition) is 0. The largest absolute Gasteiger partial charge is 0.457 e. The summed E-state index contributed by atoms with van der Waals surface area (Å²) in [4.78, 5) is 25.2. The summed E-state index contributed by atoms with van der Waals surface area (Å²) in [5.74, 6) is -1.62. The number of ketones is 1. The van der Waals surface area contributed by atoms with Crippen molar-refractivity contribution in [2.45, 2.75) is 31.8 Å². The van der Waals surface area contributed by atoms with Crippen molar-refractivity contribution in [1.82, 2.24) is 4.57 Å². The van der Waals surface area contributed by atoms with Crippen LogP contribution in [0.25, 0.3) is 16.9 Å². The van der Waals surface area contributed by atoms with E-state index in [4.69, 9.17) is 4.74 Å². The summed E-state index contributed by atoms with van der Waals surface area (Å²) >= 11 is 0. The molecule has 0 spiro atoms. The first kappa shape index (κ1) is 21.5. The quantitative estimate of drug-likeness (QED) is 0.339. The summed E-state index contributed by atoms with van der Waals surface area (Å²) in [5.41, 5.74) is 3.03. The fraction of sp³-hybridized carbons (Fsp3) is 0.217. The molecular weight excluding hydrogens is 402 g/mol. The number of Topliss-reactive ketones (excluding diaryl/α,β-unsaturated/α-hetero) is 1. The summed E-state index contributed by atoms with van der Waals surface area (Å²) in [6.07, 6.45) is 0.747. The lowest BCUT2D eigenvalue weighted by molar-refractivity contribution is -0.141. The van der Waals surface area contributed by atoms with Crippen molar-refractivity contribution in [2.24, 2.45) is 0 Å². The van der Waals surface area contributed by atoms with E-state index in [9.17, 15) is 18.0 Å². The molecule has 1 heterocycles. The third-order valence-corrected chi connectivity index (χ3v) is 5.74. The van der Waals surface area contributed by atoms with Crippen LogP contribution in [0.4, 0.5) is 0 Å². The van der Waals surface area contributed by atoms with Crippen LogP contribution in [-0.4, -0.2) is 37.1 Å². The second-order valence-electron chi connectivity index (χ2n) is 7.28. The Hall–Kier alpha value is -3.19. The number of ether oxygens (including phenoxy) is 1. The molecule has 7 heteroatoms. The first-order valence-corrected chi connectivity index (χ1v) is 11.3. The Morgan fingerprint density at radius 3 is 2.10 bits per heavy atom. The number of hydrogen-bond acceptors (Lipinski definition) is 5. The third-order valence-electron chi connectivity index (χ3n) is 4.61. The van der Waals surface area contributed by atoms with Crippen LogP contribution in [0.3, 0.4) is 0 Å². The molecule has 0 aliphatic rings. The molecule has 0 unspecified atom stereocenters. The minimum absolute atomic E-state index is 0.206. The normalized spacial score (nSPS) is 11.5. The molecule has 0 saturated carbocycles. The highest BCUT2D eigenvalue weighted by molar-refractivity contribution is 7.90. The van der Waals surface area contributed by atoms with Crippen LogP contribution in [0, 0.1) is 6.92 Å². The summed E-state index contributed by atoms with van der Waals surface area (Å²) in [6, 6.07) is 17.5. The number of carbonyl (C=O) groups excluding carboxylic acids is 2. The molecule has 3 rings (SSSR count). The van der Waals surface area contributed by atoms with Crippen LogP contribution in [0.1, 0.15) is 29.9 Å². The van der Waals surface area contributed by atoms with E-state index in [1.54, 1.807) is 39.0 Å². The van der Waals surface area contributed by atoms with Gasteiger partial charge in [-0.05, 0) is 56.7 Å². The number of carbonyl (C=O) groups is 2. The van der Waals surface area contributed by atoms with Gasteiger partial charge in [0.2, 0.25) is 0 Å². The van der Waals surface area contributed by atoms with Gasteiger partial charge in [0.05, 0.1) is 22.3 Å². The summed E-state index contributed by atoms with van der Waals surface area (Å²) < 4.78 is 30.5. The molecule has 2 aromatic carbocycles. The van der Waals surface area contributed by atoms with E-state index < -0.39 is 27.7 Å². The second kappa shape index (κ2) is 8.28. The van der Waals surface area contributed by atoms with Gasteiger partial charge in [0.25, 0.3) is 5.78 Å². The van der Waals surface area contributed by atoms with Gasteiger partial charge in [0, 0.05) is 17.6 Å². The third kappa shape index (κ3) is 4.36. The highest BCUT2D eigenvalue weighted by Crippen LogP contribution is 2.30. The van der Waals surface area contributed by atoms with Crippen LogP contribution in [0.5, 0.6) is 0 Å². The number of rotatable bonds is 6. The zero-order valence-corrected chi connectivity index (χ0v) is 18.1. The van der Waals surface area contributed by atoms with E-state index in [2.05, 4.69) is 0 Å². The van der Waals surface area contributed by atoms with E-state index >= 15 is 0 Å². The van der Waals surface area contributed by atoms with Gasteiger partial charge in [-0.1, -0.05) is 30.3 Å². The lowest BCUT2D eigenvalue weighted by atomic mass is 10.1. The SMILES string of the molecule is Cc1c(C(=O)C(=O)OC(C)C)cc(-c2ccc(S(C)(=O)=O)cc2)n1-c1ccccc1. The molecular formula is C23H23NO5S. The molecule has 0 atom stereocenters. The molecule has 3 aromatic rings. The Morgan fingerprint density at radius 2 is 1.57 bits per heavy atom. The lowest BCUT2D eigenvalue weighted by Crippen LogP contribution is -2.21. The van der Waals surface area contributed by atoms with Gasteiger partial charge in [-0.3, -0.25) is 4.79 Å². The number of esters is 1. The van der Waals surface area contributed by atoms with Gasteiger partial charge in [0.15, 0.2) is 9.84 Å². The van der Waals surface area contributed by atoms with Gasteiger partial charge < -0.3 is 9.30 Å². The molecule has 0 N–H and O–H groups in total. The van der Waals surface area contributed by atoms with Gasteiger partial charge in [-0.25, -0.2) is 13.2 Å². The smallest absolute Gasteiger partial charge is 0.379 e. The zero-order chi connectivity index (χ0) is 22.1. The molecule has 0 fully saturated rings. The molecule has 0 amide bonds. The van der Waals surface area contributed by atoms with Crippen LogP contribution in [0.2, 0.25) is 0 Å². The van der Waals surface area contributed by atoms with Gasteiger partial charge in [0.1, 0.15) is 0 Å². The van der Waals surface area contributed by atoms with E-state index in [-0.39, 0.29) is 10.5 Å². The standard InChI is InChI=1S/C23H23NO5S/c1-15(2)29-23(26)22(25)20-14-21(17-10-12-19(13-11-17)30(4,27)28)24(16(20)3)18-8-6-5-7-9-18/h5-15H,1-4H3. The summed E-state index contributed by atoms with van der Waals surface area (Å²) in [7, 11) is -3.33. The first-order valence-electron chi connectivity index (χ1n) is 9.43. The van der Waals surface area contributed by atoms with Crippen LogP contribution < -0.4 is 0 Å². The van der Waals surface area contributed by atoms with Crippen LogP contribution in [0.15, 0.2) is 65.6 Å². The molecule has 6 nitrogen and oxygen atoms in total. The Labute approximate surface area is 176 Å². The average molecular weight is 426 g/mol. The van der Waals surface area contributed by atoms with Crippen molar-refractivity contribution in [3.05, 3.63) is 71.9 Å². The van der Waals surface area contributed by atoms with Gasteiger partial charge >= 0.3 is 5.97 Å². The van der Waals surface area contributed by atoms with Gasteiger partial charge in [-0.15, -0.1) is 0 Å². The van der Waals surface area contributed by atoms with Crippen LogP contribution in [-0.2, 0) is 19.4 Å². The molecule has 0 bridgehead atoms. The van der Waals surface area contributed by atoms with Crippen molar-refractivity contribution in [3.63, 3.8) is 0 Å². The van der Waals surface area contributed by atoms with E-state index in [0.717, 1.165) is 11.9 Å². The van der Waals surface area contributed by atoms with Crippen LogP contribution >= 0.6 is 0 Å². The Bertz CT molecular complexity index is 1190. The van der Waals surface area contributed by atoms with Crippen molar-refractivity contribution in [1.29, 1.82) is 0 Å². The van der Waals surface area contributed by atoms with Crippen molar-refractivity contribution >= 4 is 21.6 Å². The fourth-order valence-electron chi connectivity index (χ4n) is 3.21. The Kier molecular flexibility index (Phi) is 5.94. The molecule has 0 saturated heterocycles. The maximum absolute atomic E-state index is 12.7. The number of para-hydroxylation sites is 1. The molecule has 0 radical (unpaired) electrons. The molecule has 30 heavy (non-hydrogen) atoms. The lowest BCUT2D eigenvalue weighted by Gasteiger charge is -2.12. The predicted molar refractivity (Wildman–Crippen MR) is 115 cm³/mol. The summed E-state index contributed by atoms with van der Waals surface area (Å²) in [6.45, 7) is 5.13. The Balaban J connectivity index is 2.17. The van der Waals surface area contributed by atoms with E-state index in [1.807, 2.05) is 34.9 Å². The number of benzene rings is 2. The number of aromatic nitrogens is 1. The molecule has 0 aliphatic heterocycles. The molecule has 0 aliphatic carbocycles. The first-order chi connectivity index (χ1) is 14.1. The zero-order valence-electron chi connectivity index (χ0n) is 17.2. The van der Waals surface area contributed by atoms with E-state index in [0.29, 0.717) is 17.0 Å². The topological polar surface area (TPSA) is 82.4 Å². The Morgan fingerprint density at radius 1 is 0.967 bits per heavy atom. The second-order valence-corrected chi connectivity index (χ2v) is 9.30. The van der Waals surface area contributed by atoms with Gasteiger partial charge in [-0.2, -0.15) is 0 Å². The average Bonchev–Trinajstić information content (AvgIpc) is 3.04. The maximum Gasteiger partial charge on any atom is 0.379 e. The number of sulfone groups is 1. The van der Waals surface area contributed by atoms with Crippen molar-refractivity contribution in [2.75, 3.05) is 6.26 Å². The highest BCUT2D eigenvalue weighted by atomic mass is 32.2. The fourth-order valence-corrected chi connectivity index (χ4v) is 3.84. The van der Waals surface area contributed by atoms with Crippen molar-refractivity contribution < 1.29 is 22.7 Å². The predicted octanol–water partition coefficient (Wildman–Crippen LogP) is 3.99. The monoisotopic (exact) mass is 425 g/mol. The minimum Gasteiger partial charge on any atom is -0.457 e. The van der Waals surface area contributed by atoms with E-state index in [1.165, 1.54) is 12.1 Å². The molecule has 1 aromatic heterocycles. The van der Waals surface area contributed by atoms with Crippen molar-refractivity contribution in [3.8, 4) is 16.9 Å². The molecule has 156 valence electrons.